The van der Waals surface area contributed by atoms with Gasteiger partial charge in [-0.25, -0.2) is 9.98 Å². The predicted molar refractivity (Wildman–Crippen MR) is 178 cm³/mol. The van der Waals surface area contributed by atoms with Gasteiger partial charge in [0.1, 0.15) is 17.2 Å². The highest BCUT2D eigenvalue weighted by molar-refractivity contribution is 6.48. The van der Waals surface area contributed by atoms with E-state index in [0.29, 0.717) is 53.9 Å². The molecule has 4 rings (SSSR count). The molecule has 0 unspecified atom stereocenters. The molecule has 0 saturated carbocycles. The van der Waals surface area contributed by atoms with Crippen molar-refractivity contribution in [1.29, 1.82) is 0 Å². The molecule has 0 spiro atoms. The highest BCUT2D eigenvalue weighted by Gasteiger charge is 2.28. The maximum absolute atomic E-state index is 13.9. The number of aliphatic imine (C=N–C) groups is 1. The molecule has 0 bridgehead atoms. The van der Waals surface area contributed by atoms with Gasteiger partial charge in [0.2, 0.25) is 0 Å². The van der Waals surface area contributed by atoms with Crippen LogP contribution in [0.25, 0.3) is 11.3 Å². The summed E-state index contributed by atoms with van der Waals surface area (Å²) in [6.45, 7) is 17.7. The Hall–Kier alpha value is -3.94. The number of benzene rings is 2. The Balaban J connectivity index is 1.84. The molecule has 3 aromatic rings. The number of hydrogen-bond acceptors (Lipinski definition) is 7. The Bertz CT molecular complexity index is 1540. The minimum absolute atomic E-state index is 0.164. The fraction of sp³-hybridized carbons (Fsp3) is 0.486. The van der Waals surface area contributed by atoms with Crippen LogP contribution in [0.3, 0.4) is 0 Å². The van der Waals surface area contributed by atoms with E-state index < -0.39 is 0 Å². The third-order valence-electron chi connectivity index (χ3n) is 7.73. The van der Waals surface area contributed by atoms with Crippen molar-refractivity contribution in [3.05, 3.63) is 63.7 Å². The lowest BCUT2D eigenvalue weighted by atomic mass is 10.0. The molecule has 0 fully saturated rings. The van der Waals surface area contributed by atoms with Crippen molar-refractivity contribution in [2.24, 2.45) is 10.1 Å². The molecule has 2 heterocycles. The largest absolute Gasteiger partial charge is 0.493 e. The standard InChI is InChI=1S/C35H47N5O3/c1-8-13-20-42-27-17-18-28(31(23-27)43-21-14-9-2)33-29(15-10-3)35(41)40-34(37-33)32(25(7)38-40)36-30-19-16-26(22-24(30)6)39(11-4)12-5/h16-19,22-23H,8-15,20-21H2,1-7H3. The van der Waals surface area contributed by atoms with Crippen molar-refractivity contribution in [3.63, 3.8) is 0 Å². The van der Waals surface area contributed by atoms with Gasteiger partial charge in [0, 0.05) is 36.0 Å². The Kier molecular flexibility index (Phi) is 11.1. The summed E-state index contributed by atoms with van der Waals surface area (Å²) in [6.07, 6.45) is 5.38. The van der Waals surface area contributed by atoms with Crippen molar-refractivity contribution in [1.82, 2.24) is 9.66 Å². The van der Waals surface area contributed by atoms with Crippen molar-refractivity contribution in [3.8, 4) is 22.8 Å². The van der Waals surface area contributed by atoms with Crippen LogP contribution in [-0.2, 0) is 6.42 Å². The van der Waals surface area contributed by atoms with Crippen LogP contribution in [0.1, 0.15) is 90.6 Å². The molecule has 0 radical (unpaired) electrons. The zero-order valence-electron chi connectivity index (χ0n) is 27.0. The first kappa shape index (κ1) is 32.0. The summed E-state index contributed by atoms with van der Waals surface area (Å²) in [6, 6.07) is 12.1. The molecule has 0 amide bonds. The Morgan fingerprint density at radius 3 is 2.26 bits per heavy atom. The monoisotopic (exact) mass is 585 g/mol. The summed E-state index contributed by atoms with van der Waals surface area (Å²) >= 11 is 0. The van der Waals surface area contributed by atoms with Crippen molar-refractivity contribution in [2.45, 2.75) is 87.0 Å². The molecule has 1 aliphatic heterocycles. The van der Waals surface area contributed by atoms with Gasteiger partial charge in [-0.1, -0.05) is 40.0 Å². The number of fused-ring (bicyclic) bond motifs is 1. The Labute approximate surface area is 256 Å². The van der Waals surface area contributed by atoms with E-state index in [1.807, 2.05) is 31.2 Å². The van der Waals surface area contributed by atoms with Gasteiger partial charge in [-0.2, -0.15) is 9.78 Å². The third kappa shape index (κ3) is 7.17. The number of unbranched alkanes of at least 4 members (excludes halogenated alkanes) is 2. The molecule has 0 atom stereocenters. The number of ether oxygens (including phenoxy) is 2. The molecule has 0 N–H and O–H groups in total. The second-order valence-electron chi connectivity index (χ2n) is 11.0. The quantitative estimate of drug-likeness (QED) is 0.171. The van der Waals surface area contributed by atoms with Crippen molar-refractivity contribution >= 4 is 22.8 Å². The maximum atomic E-state index is 13.9. The fourth-order valence-electron chi connectivity index (χ4n) is 5.22. The average Bonchev–Trinajstić information content (AvgIpc) is 3.31. The first-order chi connectivity index (χ1) is 20.9. The lowest BCUT2D eigenvalue weighted by Gasteiger charge is -2.21. The topological polar surface area (TPSA) is 81.3 Å². The fourth-order valence-corrected chi connectivity index (χ4v) is 5.22. The smallest absolute Gasteiger partial charge is 0.278 e. The van der Waals surface area contributed by atoms with E-state index in [0.717, 1.165) is 67.8 Å². The van der Waals surface area contributed by atoms with Gasteiger partial charge in [0.15, 0.2) is 5.82 Å². The highest BCUT2D eigenvalue weighted by atomic mass is 16.5. The maximum Gasteiger partial charge on any atom is 0.278 e. The van der Waals surface area contributed by atoms with Gasteiger partial charge in [-0.15, -0.1) is 0 Å². The number of rotatable bonds is 15. The van der Waals surface area contributed by atoms with E-state index in [1.54, 1.807) is 0 Å². The van der Waals surface area contributed by atoms with E-state index >= 15 is 0 Å². The van der Waals surface area contributed by atoms with Crippen LogP contribution in [-0.4, -0.2) is 47.4 Å². The van der Waals surface area contributed by atoms with Gasteiger partial charge >= 0.3 is 0 Å². The number of hydrogen-bond donors (Lipinski definition) is 0. The third-order valence-corrected chi connectivity index (χ3v) is 7.73. The number of anilines is 1. The molecule has 230 valence electrons. The normalized spacial score (nSPS) is 13.3. The van der Waals surface area contributed by atoms with Crippen LogP contribution >= 0.6 is 0 Å². The summed E-state index contributed by atoms with van der Waals surface area (Å²) < 4.78 is 13.7. The SMILES string of the molecule is CCCCOc1ccc(-c2nc3n(c(=O)c2CCC)N=C(C)C3=Nc2ccc(N(CC)CC)cc2C)c(OCCCC)c1. The van der Waals surface area contributed by atoms with Gasteiger partial charge in [-0.05, 0) is 82.9 Å². The van der Waals surface area contributed by atoms with E-state index in [-0.39, 0.29) is 5.56 Å². The Morgan fingerprint density at radius 2 is 1.60 bits per heavy atom. The molecule has 0 saturated heterocycles. The van der Waals surface area contributed by atoms with Crippen LogP contribution in [0.2, 0.25) is 0 Å². The molecule has 1 aromatic heterocycles. The predicted octanol–water partition coefficient (Wildman–Crippen LogP) is 7.73. The minimum atomic E-state index is -0.164. The molecule has 8 nitrogen and oxygen atoms in total. The molecule has 2 aromatic carbocycles. The summed E-state index contributed by atoms with van der Waals surface area (Å²) in [7, 11) is 0. The highest BCUT2D eigenvalue weighted by Crippen LogP contribution is 2.35. The molecule has 1 aliphatic rings. The van der Waals surface area contributed by atoms with Gasteiger partial charge in [-0.3, -0.25) is 4.79 Å². The molecular weight excluding hydrogens is 538 g/mol. The van der Waals surface area contributed by atoms with Crippen molar-refractivity contribution in [2.75, 3.05) is 31.2 Å². The van der Waals surface area contributed by atoms with Crippen LogP contribution in [0, 0.1) is 6.92 Å². The van der Waals surface area contributed by atoms with Crippen LogP contribution < -0.4 is 19.9 Å². The summed E-state index contributed by atoms with van der Waals surface area (Å²) in [4.78, 5) is 26.4. The number of aromatic nitrogens is 2. The summed E-state index contributed by atoms with van der Waals surface area (Å²) in [5, 5.41) is 4.62. The number of aryl methyl sites for hydroxylation is 1. The van der Waals surface area contributed by atoms with E-state index in [9.17, 15) is 4.79 Å². The number of nitrogens with zero attached hydrogens (tertiary/aromatic N) is 5. The second-order valence-corrected chi connectivity index (χ2v) is 11.0. The van der Waals surface area contributed by atoms with Gasteiger partial charge in [0.25, 0.3) is 5.56 Å². The average molecular weight is 586 g/mol. The lowest BCUT2D eigenvalue weighted by molar-refractivity contribution is 0.295. The van der Waals surface area contributed by atoms with Crippen LogP contribution in [0.15, 0.2) is 51.3 Å². The van der Waals surface area contributed by atoms with Gasteiger partial charge < -0.3 is 14.4 Å². The second kappa shape index (κ2) is 15.0. The molecule has 43 heavy (non-hydrogen) atoms. The van der Waals surface area contributed by atoms with E-state index in [2.05, 4.69) is 63.7 Å². The van der Waals surface area contributed by atoms with E-state index in [1.165, 1.54) is 10.4 Å². The summed E-state index contributed by atoms with van der Waals surface area (Å²) in [5.74, 6) is 1.88. The summed E-state index contributed by atoms with van der Waals surface area (Å²) in [5.41, 5.74) is 6.19. The first-order valence-corrected chi connectivity index (χ1v) is 15.9. The zero-order chi connectivity index (χ0) is 30.9. The van der Waals surface area contributed by atoms with Crippen LogP contribution in [0.4, 0.5) is 11.4 Å². The minimum Gasteiger partial charge on any atom is -0.493 e. The van der Waals surface area contributed by atoms with Gasteiger partial charge in [0.05, 0.1) is 30.3 Å². The molecule has 0 aliphatic carbocycles. The van der Waals surface area contributed by atoms with E-state index in [4.69, 9.17) is 19.5 Å². The lowest BCUT2D eigenvalue weighted by Crippen LogP contribution is -2.26. The first-order valence-electron chi connectivity index (χ1n) is 15.9. The Morgan fingerprint density at radius 1 is 0.884 bits per heavy atom. The van der Waals surface area contributed by atoms with Crippen LogP contribution in [0.5, 0.6) is 11.5 Å². The zero-order valence-corrected chi connectivity index (χ0v) is 27.0. The van der Waals surface area contributed by atoms with Crippen molar-refractivity contribution < 1.29 is 9.47 Å². The molecule has 8 heteroatoms. The molecular formula is C35H47N5O3.